The monoisotopic (exact) mass is 392 g/mol. The van der Waals surface area contributed by atoms with Gasteiger partial charge in [0.15, 0.2) is 0 Å². The van der Waals surface area contributed by atoms with Crippen LogP contribution in [0.1, 0.15) is 31.2 Å². The van der Waals surface area contributed by atoms with Crippen LogP contribution in [0.15, 0.2) is 36.4 Å². The number of hydrogen-bond donors (Lipinski definition) is 1. The molecule has 5 rings (SSSR count). The normalized spacial score (nSPS) is 27.8. The summed E-state index contributed by atoms with van der Waals surface area (Å²) in [5.74, 6) is 3.43. The second-order valence-electron chi connectivity index (χ2n) is 9.28. The summed E-state index contributed by atoms with van der Waals surface area (Å²) in [6, 6.07) is 13.1. The number of aromatic nitrogens is 2. The highest BCUT2D eigenvalue weighted by molar-refractivity contribution is 5.59. The summed E-state index contributed by atoms with van der Waals surface area (Å²) >= 11 is 0. The van der Waals surface area contributed by atoms with Gasteiger partial charge in [0.25, 0.3) is 0 Å². The highest BCUT2D eigenvalue weighted by Gasteiger charge is 2.41. The first kappa shape index (κ1) is 19.0. The van der Waals surface area contributed by atoms with Crippen LogP contribution in [0.2, 0.25) is 0 Å². The van der Waals surface area contributed by atoms with Gasteiger partial charge in [-0.1, -0.05) is 29.8 Å². The van der Waals surface area contributed by atoms with Crippen LogP contribution in [0.5, 0.6) is 0 Å². The van der Waals surface area contributed by atoms with Crippen LogP contribution >= 0.6 is 0 Å². The van der Waals surface area contributed by atoms with E-state index in [0.717, 1.165) is 48.0 Å². The molecule has 0 spiro atoms. The topological polar surface area (TPSA) is 50.3 Å². The molecular weight excluding hydrogens is 360 g/mol. The van der Waals surface area contributed by atoms with E-state index in [-0.39, 0.29) is 0 Å². The van der Waals surface area contributed by atoms with Gasteiger partial charge in [0.05, 0.1) is 5.69 Å². The largest absolute Gasteiger partial charge is 0.381 e. The number of fused-ring (bicyclic) bond motifs is 1. The molecule has 2 saturated heterocycles. The first-order valence-corrected chi connectivity index (χ1v) is 11.2. The first-order valence-electron chi connectivity index (χ1n) is 11.2. The molecule has 5 nitrogen and oxygen atoms in total. The van der Waals surface area contributed by atoms with Gasteiger partial charge in [0, 0.05) is 44.5 Å². The second-order valence-corrected chi connectivity index (χ2v) is 9.28. The minimum Gasteiger partial charge on any atom is -0.381 e. The third-order valence-electron chi connectivity index (χ3n) is 7.05. The van der Waals surface area contributed by atoms with E-state index >= 15 is 0 Å². The van der Waals surface area contributed by atoms with Gasteiger partial charge in [-0.25, -0.2) is 0 Å². The zero-order chi connectivity index (χ0) is 19.6. The zero-order valence-electron chi connectivity index (χ0n) is 17.4. The highest BCUT2D eigenvalue weighted by Crippen LogP contribution is 2.39. The summed E-state index contributed by atoms with van der Waals surface area (Å²) in [5, 5.41) is 12.5. The van der Waals surface area contributed by atoms with E-state index in [1.807, 2.05) is 0 Å². The summed E-state index contributed by atoms with van der Waals surface area (Å²) in [5.41, 5.74) is 3.32. The van der Waals surface area contributed by atoms with Crippen LogP contribution in [0.4, 0.5) is 5.82 Å². The number of nitrogens with one attached hydrogen (secondary N) is 1. The molecule has 0 bridgehead atoms. The van der Waals surface area contributed by atoms with E-state index in [9.17, 15) is 0 Å². The molecule has 5 heteroatoms. The summed E-state index contributed by atoms with van der Waals surface area (Å²) in [6.45, 7) is 7.85. The van der Waals surface area contributed by atoms with Gasteiger partial charge in [0.2, 0.25) is 0 Å². The molecule has 2 unspecified atom stereocenters. The van der Waals surface area contributed by atoms with Crippen molar-refractivity contribution in [3.05, 3.63) is 42.0 Å². The quantitative estimate of drug-likeness (QED) is 0.833. The molecule has 2 aromatic rings. The summed E-state index contributed by atoms with van der Waals surface area (Å²) in [4.78, 5) is 2.72. The van der Waals surface area contributed by atoms with Crippen LogP contribution in [0, 0.1) is 24.7 Å². The van der Waals surface area contributed by atoms with Crippen molar-refractivity contribution >= 4 is 5.82 Å². The zero-order valence-corrected chi connectivity index (χ0v) is 17.4. The lowest BCUT2D eigenvalue weighted by atomic mass is 10.00. The van der Waals surface area contributed by atoms with Gasteiger partial charge >= 0.3 is 0 Å². The molecule has 2 aliphatic heterocycles. The van der Waals surface area contributed by atoms with Crippen molar-refractivity contribution in [2.45, 2.75) is 38.6 Å². The smallest absolute Gasteiger partial charge is 0.148 e. The van der Waals surface area contributed by atoms with Crippen LogP contribution < -0.4 is 5.32 Å². The van der Waals surface area contributed by atoms with Crippen molar-refractivity contribution in [2.75, 3.05) is 38.2 Å². The molecule has 1 aliphatic carbocycles. The first-order chi connectivity index (χ1) is 14.2. The Balaban J connectivity index is 1.12. The van der Waals surface area contributed by atoms with Crippen molar-refractivity contribution in [2.24, 2.45) is 17.8 Å². The highest BCUT2D eigenvalue weighted by atomic mass is 16.5. The standard InChI is InChI=1S/C24H32N4O/c1-17-2-4-19(5-3-17)23-6-7-24(27-26-23)25-22-12-20-15-28(16-21(20)13-22)14-18-8-10-29-11-9-18/h2-7,18,20-22H,8-16H2,1H3,(H,25,27). The number of hydrogen-bond acceptors (Lipinski definition) is 5. The van der Waals surface area contributed by atoms with E-state index in [2.05, 4.69) is 63.7 Å². The minimum atomic E-state index is 0.537. The molecular formula is C24H32N4O. The van der Waals surface area contributed by atoms with Gasteiger partial charge in [0.1, 0.15) is 5.82 Å². The molecule has 1 N–H and O–H groups in total. The lowest BCUT2D eigenvalue weighted by molar-refractivity contribution is 0.0545. The molecule has 3 aliphatic rings. The molecule has 1 aromatic heterocycles. The lowest BCUT2D eigenvalue weighted by Gasteiger charge is -2.27. The fraction of sp³-hybridized carbons (Fsp3) is 0.583. The summed E-state index contributed by atoms with van der Waals surface area (Å²) in [6.07, 6.45) is 5.01. The maximum absolute atomic E-state index is 5.51. The third-order valence-corrected chi connectivity index (χ3v) is 7.05. The Labute approximate surface area is 173 Å². The van der Waals surface area contributed by atoms with Crippen molar-refractivity contribution in [1.82, 2.24) is 15.1 Å². The fourth-order valence-electron chi connectivity index (χ4n) is 5.45. The second kappa shape index (κ2) is 8.41. The summed E-state index contributed by atoms with van der Waals surface area (Å²) < 4.78 is 5.51. The Kier molecular flexibility index (Phi) is 5.51. The maximum atomic E-state index is 5.51. The predicted molar refractivity (Wildman–Crippen MR) is 116 cm³/mol. The van der Waals surface area contributed by atoms with Crippen LogP contribution in [0.25, 0.3) is 11.3 Å². The van der Waals surface area contributed by atoms with Crippen LogP contribution in [-0.4, -0.2) is 54.0 Å². The Morgan fingerprint density at radius 3 is 2.34 bits per heavy atom. The lowest BCUT2D eigenvalue weighted by Crippen LogP contribution is -2.32. The van der Waals surface area contributed by atoms with Crippen molar-refractivity contribution in [1.29, 1.82) is 0 Å². The maximum Gasteiger partial charge on any atom is 0.148 e. The SMILES string of the molecule is Cc1ccc(-c2ccc(NC3CC4CN(CC5CCOCC5)CC4C3)nn2)cc1. The Bertz CT molecular complexity index is 787. The van der Waals surface area contributed by atoms with Crippen LogP contribution in [-0.2, 0) is 4.74 Å². The minimum absolute atomic E-state index is 0.537. The number of nitrogens with zero attached hydrogens (tertiary/aromatic N) is 3. The van der Waals surface area contributed by atoms with E-state index < -0.39 is 0 Å². The molecule has 1 aromatic carbocycles. The Morgan fingerprint density at radius 1 is 0.966 bits per heavy atom. The summed E-state index contributed by atoms with van der Waals surface area (Å²) in [7, 11) is 0. The van der Waals surface area contributed by atoms with Gasteiger partial charge in [-0.15, -0.1) is 10.2 Å². The average molecular weight is 393 g/mol. The molecule has 3 fully saturated rings. The number of rotatable bonds is 5. The number of ether oxygens (including phenoxy) is 1. The van der Waals surface area contributed by atoms with Gasteiger partial charge in [-0.3, -0.25) is 0 Å². The molecule has 0 amide bonds. The number of likely N-dealkylation sites (tertiary alicyclic amines) is 1. The Hall–Kier alpha value is -1.98. The molecule has 0 radical (unpaired) electrons. The van der Waals surface area contributed by atoms with Gasteiger partial charge in [-0.2, -0.15) is 0 Å². The van der Waals surface area contributed by atoms with Crippen molar-refractivity contribution < 1.29 is 4.74 Å². The van der Waals surface area contributed by atoms with Gasteiger partial charge in [-0.05, 0) is 62.5 Å². The molecule has 154 valence electrons. The molecule has 29 heavy (non-hydrogen) atoms. The number of benzene rings is 1. The number of aryl methyl sites for hydroxylation is 1. The predicted octanol–water partition coefficient (Wildman–Crippen LogP) is 4.00. The van der Waals surface area contributed by atoms with Gasteiger partial charge < -0.3 is 15.0 Å². The molecule has 1 saturated carbocycles. The average Bonchev–Trinajstić information content (AvgIpc) is 3.28. The van der Waals surface area contributed by atoms with Crippen molar-refractivity contribution in [3.8, 4) is 11.3 Å². The van der Waals surface area contributed by atoms with Crippen LogP contribution in [0.3, 0.4) is 0 Å². The fourth-order valence-corrected chi connectivity index (χ4v) is 5.45. The van der Waals surface area contributed by atoms with Crippen molar-refractivity contribution in [3.63, 3.8) is 0 Å². The van der Waals surface area contributed by atoms with E-state index in [0.29, 0.717) is 6.04 Å². The van der Waals surface area contributed by atoms with E-state index in [1.165, 1.54) is 50.9 Å². The molecule has 3 heterocycles. The third kappa shape index (κ3) is 4.46. The Morgan fingerprint density at radius 2 is 1.69 bits per heavy atom. The van der Waals surface area contributed by atoms with E-state index in [4.69, 9.17) is 4.74 Å². The number of anilines is 1. The molecule has 2 atom stereocenters. The van der Waals surface area contributed by atoms with E-state index in [1.54, 1.807) is 0 Å².